The van der Waals surface area contributed by atoms with Gasteiger partial charge in [-0.15, -0.1) is 0 Å². The summed E-state index contributed by atoms with van der Waals surface area (Å²) < 4.78 is 0. The van der Waals surface area contributed by atoms with Gasteiger partial charge < -0.3 is 15.5 Å². The van der Waals surface area contributed by atoms with Crippen LogP contribution in [0.2, 0.25) is 0 Å². The molecule has 0 atom stereocenters. The molecular weight excluding hydrogens is 276 g/mol. The molecule has 0 aliphatic carbocycles. The number of anilines is 2. The molecule has 2 aromatic rings. The van der Waals surface area contributed by atoms with E-state index < -0.39 is 0 Å². The Kier molecular flexibility index (Phi) is 5.77. The lowest BCUT2D eigenvalue weighted by molar-refractivity contribution is 0.251. The quantitative estimate of drug-likeness (QED) is 0.860. The molecule has 1 aromatic carbocycles. The van der Waals surface area contributed by atoms with Gasteiger partial charge in [-0.25, -0.2) is 4.79 Å². The molecule has 2 amide bonds. The predicted molar refractivity (Wildman–Crippen MR) is 90.1 cm³/mol. The number of aromatic nitrogens is 1. The van der Waals surface area contributed by atoms with E-state index in [9.17, 15) is 4.79 Å². The molecule has 0 fully saturated rings. The lowest BCUT2D eigenvalue weighted by atomic mass is 10.2. The third-order valence-corrected chi connectivity index (χ3v) is 3.41. The Labute approximate surface area is 131 Å². The highest BCUT2D eigenvalue weighted by atomic mass is 16.2. The molecule has 0 aliphatic rings. The van der Waals surface area contributed by atoms with Crippen molar-refractivity contribution in [2.45, 2.75) is 20.4 Å². The van der Waals surface area contributed by atoms with E-state index in [2.05, 4.69) is 34.4 Å². The van der Waals surface area contributed by atoms with Crippen molar-refractivity contribution in [1.29, 1.82) is 0 Å². The van der Waals surface area contributed by atoms with Gasteiger partial charge in [0.15, 0.2) is 0 Å². The molecular formula is C17H22N4O. The number of carbonyl (C=O) groups excluding carboxylic acids is 1. The number of carbonyl (C=O) groups is 1. The van der Waals surface area contributed by atoms with Crippen molar-refractivity contribution in [2.75, 3.05) is 23.3 Å². The minimum atomic E-state index is -0.235. The Morgan fingerprint density at radius 2 is 1.82 bits per heavy atom. The zero-order valence-corrected chi connectivity index (χ0v) is 13.0. The summed E-state index contributed by atoms with van der Waals surface area (Å²) in [6, 6.07) is 13.2. The normalized spacial score (nSPS) is 10.1. The second kappa shape index (κ2) is 8.02. The first-order valence-corrected chi connectivity index (χ1v) is 7.52. The molecule has 0 saturated carbocycles. The molecule has 0 radical (unpaired) electrons. The van der Waals surface area contributed by atoms with Gasteiger partial charge in [0.1, 0.15) is 0 Å². The van der Waals surface area contributed by atoms with Crippen LogP contribution in [0.1, 0.15) is 19.5 Å². The molecule has 22 heavy (non-hydrogen) atoms. The van der Waals surface area contributed by atoms with E-state index in [0.717, 1.165) is 30.2 Å². The van der Waals surface area contributed by atoms with Crippen LogP contribution in [0.25, 0.3) is 0 Å². The fourth-order valence-electron chi connectivity index (χ4n) is 2.19. The minimum absolute atomic E-state index is 0.235. The van der Waals surface area contributed by atoms with Gasteiger partial charge in [-0.2, -0.15) is 0 Å². The average Bonchev–Trinajstić information content (AvgIpc) is 2.56. The lowest BCUT2D eigenvalue weighted by Crippen LogP contribution is -2.28. The Morgan fingerprint density at radius 3 is 2.41 bits per heavy atom. The van der Waals surface area contributed by atoms with Crippen molar-refractivity contribution < 1.29 is 4.79 Å². The zero-order chi connectivity index (χ0) is 15.8. The highest BCUT2D eigenvalue weighted by Crippen LogP contribution is 2.17. The first-order chi connectivity index (χ1) is 10.7. The summed E-state index contributed by atoms with van der Waals surface area (Å²) in [7, 11) is 0. The van der Waals surface area contributed by atoms with Crippen molar-refractivity contribution in [3.05, 3.63) is 54.4 Å². The smallest absolute Gasteiger partial charge is 0.319 e. The summed E-state index contributed by atoms with van der Waals surface area (Å²) in [4.78, 5) is 18.3. The van der Waals surface area contributed by atoms with E-state index in [1.807, 2.05) is 42.5 Å². The van der Waals surface area contributed by atoms with E-state index in [1.54, 1.807) is 6.20 Å². The van der Waals surface area contributed by atoms with Crippen LogP contribution in [0, 0.1) is 0 Å². The molecule has 0 saturated heterocycles. The molecule has 2 N–H and O–H groups in total. The summed E-state index contributed by atoms with van der Waals surface area (Å²) in [6.45, 7) is 6.59. The fourth-order valence-corrected chi connectivity index (χ4v) is 2.19. The van der Waals surface area contributed by atoms with Crippen LogP contribution >= 0.6 is 0 Å². The standard InChI is InChI=1S/C17H22N4O/c1-3-21(4-2)16-10-8-14(9-11-16)20-17(22)19-13-15-7-5-6-12-18-15/h5-12H,3-4,13H2,1-2H3,(H2,19,20,22). The van der Waals surface area contributed by atoms with Gasteiger partial charge >= 0.3 is 6.03 Å². The number of pyridine rings is 1. The van der Waals surface area contributed by atoms with Crippen LogP contribution in [0.15, 0.2) is 48.7 Å². The number of hydrogen-bond acceptors (Lipinski definition) is 3. The van der Waals surface area contributed by atoms with E-state index in [1.165, 1.54) is 0 Å². The molecule has 0 unspecified atom stereocenters. The molecule has 2 rings (SSSR count). The van der Waals surface area contributed by atoms with E-state index >= 15 is 0 Å². The predicted octanol–water partition coefficient (Wildman–Crippen LogP) is 3.25. The van der Waals surface area contributed by atoms with Crippen LogP contribution in [-0.4, -0.2) is 24.1 Å². The SMILES string of the molecule is CCN(CC)c1ccc(NC(=O)NCc2ccccn2)cc1. The van der Waals surface area contributed by atoms with E-state index in [-0.39, 0.29) is 6.03 Å². The van der Waals surface area contributed by atoms with E-state index in [4.69, 9.17) is 0 Å². The Hall–Kier alpha value is -2.56. The molecule has 116 valence electrons. The Balaban J connectivity index is 1.86. The van der Waals surface area contributed by atoms with Gasteiger partial charge in [0, 0.05) is 30.7 Å². The van der Waals surface area contributed by atoms with Gasteiger partial charge in [-0.05, 0) is 50.2 Å². The minimum Gasteiger partial charge on any atom is -0.372 e. The van der Waals surface area contributed by atoms with Crippen molar-refractivity contribution in [1.82, 2.24) is 10.3 Å². The van der Waals surface area contributed by atoms with Crippen LogP contribution in [0.3, 0.4) is 0 Å². The number of benzene rings is 1. The average molecular weight is 298 g/mol. The van der Waals surface area contributed by atoms with Crippen LogP contribution in [0.5, 0.6) is 0 Å². The first-order valence-electron chi connectivity index (χ1n) is 7.52. The number of hydrogen-bond donors (Lipinski definition) is 2. The summed E-state index contributed by atoms with van der Waals surface area (Å²) in [5.41, 5.74) is 2.76. The van der Waals surface area contributed by atoms with Gasteiger partial charge in [-0.1, -0.05) is 6.07 Å². The molecule has 1 heterocycles. The second-order valence-electron chi connectivity index (χ2n) is 4.85. The Bertz CT molecular complexity index is 579. The molecule has 0 bridgehead atoms. The zero-order valence-electron chi connectivity index (χ0n) is 13.0. The van der Waals surface area contributed by atoms with Gasteiger partial charge in [0.25, 0.3) is 0 Å². The summed E-state index contributed by atoms with van der Waals surface area (Å²) in [5, 5.41) is 5.60. The van der Waals surface area contributed by atoms with Crippen molar-refractivity contribution in [3.63, 3.8) is 0 Å². The largest absolute Gasteiger partial charge is 0.372 e. The number of nitrogens with one attached hydrogen (secondary N) is 2. The maximum atomic E-state index is 11.9. The number of amides is 2. The highest BCUT2D eigenvalue weighted by Gasteiger charge is 2.04. The van der Waals surface area contributed by atoms with Gasteiger partial charge in [-0.3, -0.25) is 4.98 Å². The summed E-state index contributed by atoms with van der Waals surface area (Å²) in [5.74, 6) is 0. The third-order valence-electron chi connectivity index (χ3n) is 3.41. The number of nitrogens with zero attached hydrogens (tertiary/aromatic N) is 2. The lowest BCUT2D eigenvalue weighted by Gasteiger charge is -2.21. The molecule has 5 heteroatoms. The number of urea groups is 1. The van der Waals surface area contributed by atoms with Crippen LogP contribution in [0.4, 0.5) is 16.2 Å². The maximum absolute atomic E-state index is 11.9. The summed E-state index contributed by atoms with van der Waals surface area (Å²) in [6.07, 6.45) is 1.71. The Morgan fingerprint density at radius 1 is 1.09 bits per heavy atom. The fraction of sp³-hybridized carbons (Fsp3) is 0.294. The molecule has 1 aromatic heterocycles. The number of rotatable bonds is 6. The third kappa shape index (κ3) is 4.48. The maximum Gasteiger partial charge on any atom is 0.319 e. The van der Waals surface area contributed by atoms with Gasteiger partial charge in [0.2, 0.25) is 0 Å². The first kappa shape index (κ1) is 15.8. The topological polar surface area (TPSA) is 57.3 Å². The molecule has 5 nitrogen and oxygen atoms in total. The van der Waals surface area contributed by atoms with Gasteiger partial charge in [0.05, 0.1) is 12.2 Å². The van der Waals surface area contributed by atoms with Crippen molar-refractivity contribution in [3.8, 4) is 0 Å². The summed E-state index contributed by atoms with van der Waals surface area (Å²) >= 11 is 0. The van der Waals surface area contributed by atoms with Crippen LogP contribution in [-0.2, 0) is 6.54 Å². The molecule has 0 spiro atoms. The van der Waals surface area contributed by atoms with Crippen molar-refractivity contribution >= 4 is 17.4 Å². The molecule has 0 aliphatic heterocycles. The van der Waals surface area contributed by atoms with E-state index in [0.29, 0.717) is 6.54 Å². The highest BCUT2D eigenvalue weighted by molar-refractivity contribution is 5.89. The monoisotopic (exact) mass is 298 g/mol. The van der Waals surface area contributed by atoms with Crippen molar-refractivity contribution in [2.24, 2.45) is 0 Å². The second-order valence-corrected chi connectivity index (χ2v) is 4.85. The van der Waals surface area contributed by atoms with Crippen LogP contribution < -0.4 is 15.5 Å².